The van der Waals surface area contributed by atoms with Crippen molar-refractivity contribution >= 4 is 11.6 Å². The average Bonchev–Trinajstić information content (AvgIpc) is 3.25. The lowest BCUT2D eigenvalue weighted by Gasteiger charge is -2.40. The molecule has 0 aliphatic carbocycles. The number of rotatable bonds is 10. The first-order chi connectivity index (χ1) is 27.7. The molecule has 4 aliphatic heterocycles. The first kappa shape index (κ1) is 41.7. The Kier molecular flexibility index (Phi) is 14.3. The Balaban J connectivity index is 0.000000174. The molecule has 4 aliphatic rings. The van der Waals surface area contributed by atoms with Crippen LogP contribution in [0.15, 0.2) is 78.9 Å². The zero-order chi connectivity index (χ0) is 39.9. The van der Waals surface area contributed by atoms with Crippen molar-refractivity contribution in [1.29, 1.82) is 0 Å². The van der Waals surface area contributed by atoms with Gasteiger partial charge in [0.15, 0.2) is 0 Å². The molecule has 8 nitrogen and oxygen atoms in total. The van der Waals surface area contributed by atoms with E-state index in [1.807, 2.05) is 38.1 Å². The Morgan fingerprint density at radius 1 is 0.614 bits per heavy atom. The molecule has 0 unspecified atom stereocenters. The summed E-state index contributed by atoms with van der Waals surface area (Å²) in [7, 11) is 0. The van der Waals surface area contributed by atoms with E-state index in [1.165, 1.54) is 11.1 Å². The molecule has 4 aromatic carbocycles. The van der Waals surface area contributed by atoms with Gasteiger partial charge >= 0.3 is 0 Å². The van der Waals surface area contributed by atoms with Crippen molar-refractivity contribution in [3.05, 3.63) is 128 Å². The van der Waals surface area contributed by atoms with Gasteiger partial charge < -0.3 is 41.0 Å². The summed E-state index contributed by atoms with van der Waals surface area (Å²) in [5.74, 6) is 1.91. The second kappa shape index (κ2) is 19.5. The molecule has 0 spiro atoms. The Hall–Kier alpha value is -3.47. The molecule has 57 heavy (non-hydrogen) atoms. The fourth-order valence-electron chi connectivity index (χ4n) is 9.57. The maximum atomic E-state index is 10.6. The predicted molar refractivity (Wildman–Crippen MR) is 230 cm³/mol. The fourth-order valence-corrected chi connectivity index (χ4v) is 9.78. The van der Waals surface area contributed by atoms with Crippen molar-refractivity contribution in [3.63, 3.8) is 0 Å². The van der Waals surface area contributed by atoms with Gasteiger partial charge in [-0.15, -0.1) is 0 Å². The molecule has 0 saturated carbocycles. The van der Waals surface area contributed by atoms with Gasteiger partial charge in [-0.1, -0.05) is 78.3 Å². The van der Waals surface area contributed by atoms with Crippen LogP contribution in [0.1, 0.15) is 82.4 Å². The molecule has 0 aromatic heterocycles. The van der Waals surface area contributed by atoms with Gasteiger partial charge in [-0.05, 0) is 136 Å². The molecule has 9 heteroatoms. The highest BCUT2D eigenvalue weighted by molar-refractivity contribution is 6.30. The van der Waals surface area contributed by atoms with Crippen molar-refractivity contribution in [2.45, 2.75) is 89.6 Å². The number of nitrogens with zero attached hydrogens (tertiary/aromatic N) is 2. The third kappa shape index (κ3) is 10.2. The molecular weight excluding hydrogens is 732 g/mol. The Morgan fingerprint density at radius 2 is 1.07 bits per heavy atom. The lowest BCUT2D eigenvalue weighted by atomic mass is 9.83. The van der Waals surface area contributed by atoms with Crippen LogP contribution >= 0.6 is 11.6 Å². The molecule has 4 atom stereocenters. The van der Waals surface area contributed by atoms with Gasteiger partial charge in [0.2, 0.25) is 0 Å². The smallest absolute Gasteiger partial charge is 0.122 e. The minimum absolute atomic E-state index is 0.101. The highest BCUT2D eigenvalue weighted by Crippen LogP contribution is 2.42. The highest BCUT2D eigenvalue weighted by Gasteiger charge is 2.37. The van der Waals surface area contributed by atoms with E-state index in [0.29, 0.717) is 36.4 Å². The van der Waals surface area contributed by atoms with Crippen molar-refractivity contribution in [1.82, 2.24) is 9.80 Å². The molecule has 4 heterocycles. The van der Waals surface area contributed by atoms with E-state index < -0.39 is 0 Å². The van der Waals surface area contributed by atoms with E-state index in [4.69, 9.17) is 32.5 Å². The zero-order valence-electron chi connectivity index (χ0n) is 33.9. The van der Waals surface area contributed by atoms with E-state index in [2.05, 4.69) is 64.4 Å². The number of phenolic OH excluding ortho intramolecular Hbond substituents is 2. The number of fused-ring (bicyclic) bond motifs is 2. The van der Waals surface area contributed by atoms with Gasteiger partial charge in [-0.3, -0.25) is 0 Å². The van der Waals surface area contributed by atoms with Crippen LogP contribution in [0.25, 0.3) is 0 Å². The van der Waals surface area contributed by atoms with E-state index in [9.17, 15) is 10.2 Å². The lowest BCUT2D eigenvalue weighted by molar-refractivity contribution is -0.0647. The van der Waals surface area contributed by atoms with Crippen LogP contribution in [0, 0.1) is 25.7 Å². The topological polar surface area (TPSA) is 117 Å². The third-order valence-corrected chi connectivity index (χ3v) is 13.4. The molecule has 6 N–H and O–H groups in total. The molecule has 306 valence electrons. The number of phenols is 2. The van der Waals surface area contributed by atoms with Crippen molar-refractivity contribution < 1.29 is 19.7 Å². The number of hydrogen-bond donors (Lipinski definition) is 4. The number of piperidine rings is 2. The van der Waals surface area contributed by atoms with Crippen LogP contribution < -0.4 is 11.5 Å². The summed E-state index contributed by atoms with van der Waals surface area (Å²) in [5.41, 5.74) is 20.8. The Morgan fingerprint density at radius 3 is 1.53 bits per heavy atom. The Bertz CT molecular complexity index is 1910. The number of likely N-dealkylation sites (tertiary alicyclic amines) is 2. The molecule has 0 radical (unpaired) electrons. The Labute approximate surface area is 345 Å². The van der Waals surface area contributed by atoms with Gasteiger partial charge in [0, 0.05) is 55.2 Å². The van der Waals surface area contributed by atoms with Crippen LogP contribution in [-0.4, -0.2) is 84.6 Å². The molecule has 4 aromatic rings. The minimum atomic E-state index is -0.115. The molecule has 0 amide bonds. The SMILES string of the molecule is Cc1ccc2c(c1O)C[C@@H](C1CCN(CCc3cccc(Cl)c3)CC1)O[C@H]2CN.Cc1ccc2c(c1O)C[C@@H](C1CCN(CCc3ccccc3)CC1)O[C@H]2CN. The molecule has 2 fully saturated rings. The van der Waals surface area contributed by atoms with E-state index >= 15 is 0 Å². The van der Waals surface area contributed by atoms with Crippen LogP contribution in [-0.2, 0) is 35.2 Å². The molecular formula is C48H63ClN4O4. The first-order valence-electron chi connectivity index (χ1n) is 21.3. The fraction of sp³-hybridized carbons (Fsp3) is 0.500. The third-order valence-electron chi connectivity index (χ3n) is 13.1. The van der Waals surface area contributed by atoms with Crippen LogP contribution in [0.2, 0.25) is 5.02 Å². The number of halogens is 1. The summed E-state index contributed by atoms with van der Waals surface area (Å²) >= 11 is 6.10. The molecule has 2 saturated heterocycles. The molecule has 8 rings (SSSR count). The van der Waals surface area contributed by atoms with Crippen LogP contribution in [0.4, 0.5) is 0 Å². The second-order valence-corrected chi connectivity index (χ2v) is 17.2. The monoisotopic (exact) mass is 794 g/mol. The van der Waals surface area contributed by atoms with Gasteiger partial charge in [-0.25, -0.2) is 0 Å². The normalized spacial score (nSPS) is 23.3. The van der Waals surface area contributed by atoms with Crippen LogP contribution in [0.3, 0.4) is 0 Å². The summed E-state index contributed by atoms with van der Waals surface area (Å²) in [5, 5.41) is 22.0. The highest BCUT2D eigenvalue weighted by atomic mass is 35.5. The largest absolute Gasteiger partial charge is 0.507 e. The lowest BCUT2D eigenvalue weighted by Crippen LogP contribution is -2.42. The van der Waals surface area contributed by atoms with Gasteiger partial charge in [-0.2, -0.15) is 0 Å². The van der Waals surface area contributed by atoms with Gasteiger partial charge in [0.1, 0.15) is 11.5 Å². The summed E-state index contributed by atoms with van der Waals surface area (Å²) in [6, 6.07) is 26.9. The number of aromatic hydroxyl groups is 2. The van der Waals surface area contributed by atoms with Crippen LogP contribution in [0.5, 0.6) is 11.5 Å². The zero-order valence-corrected chi connectivity index (χ0v) is 34.7. The summed E-state index contributed by atoms with van der Waals surface area (Å²) in [4.78, 5) is 5.11. The summed E-state index contributed by atoms with van der Waals surface area (Å²) in [6.45, 7) is 11.4. The van der Waals surface area contributed by atoms with Crippen molar-refractivity contribution in [2.24, 2.45) is 23.3 Å². The van der Waals surface area contributed by atoms with Crippen molar-refractivity contribution in [3.8, 4) is 11.5 Å². The van der Waals surface area contributed by atoms with Gasteiger partial charge in [0.25, 0.3) is 0 Å². The number of ether oxygens (including phenoxy) is 2. The van der Waals surface area contributed by atoms with Crippen molar-refractivity contribution in [2.75, 3.05) is 52.4 Å². The quantitative estimate of drug-likeness (QED) is 0.128. The van der Waals surface area contributed by atoms with E-state index in [-0.39, 0.29) is 24.4 Å². The maximum absolute atomic E-state index is 10.6. The number of nitrogens with two attached hydrogens (primary N) is 2. The van der Waals surface area contributed by atoms with Gasteiger partial charge in [0.05, 0.1) is 24.4 Å². The van der Waals surface area contributed by atoms with E-state index in [1.54, 1.807) is 0 Å². The molecule has 0 bridgehead atoms. The summed E-state index contributed by atoms with van der Waals surface area (Å²) < 4.78 is 12.8. The minimum Gasteiger partial charge on any atom is -0.507 e. The van der Waals surface area contributed by atoms with E-state index in [0.717, 1.165) is 129 Å². The number of aryl methyl sites for hydroxylation is 2. The number of benzene rings is 4. The predicted octanol–water partition coefficient (Wildman–Crippen LogP) is 7.85. The summed E-state index contributed by atoms with van der Waals surface area (Å²) in [6.07, 6.45) is 8.36. The standard InChI is InChI=1S/C24H31ClN2O2.C24H32N2O2/c1-16-5-6-20-21(24(16)28)14-22(29-23(20)15-26)18-8-11-27(12-9-18)10-7-17-3-2-4-19(25)13-17;1-17-7-8-20-21(24(17)27)15-22(28-23(20)16-25)19-10-13-26(14-11-19)12-9-18-5-3-2-4-6-18/h2-6,13,18,22-23,28H,7-12,14-15,26H2,1H3;2-8,19,22-23,27H,9-16,25H2,1H3/t2*22-,23-/m00/s1. The first-order valence-corrected chi connectivity index (χ1v) is 21.6. The number of hydrogen-bond acceptors (Lipinski definition) is 8. The average molecular weight is 796 g/mol. The second-order valence-electron chi connectivity index (χ2n) is 16.8. The maximum Gasteiger partial charge on any atom is 0.122 e.